The van der Waals surface area contributed by atoms with E-state index in [0.717, 1.165) is 16.8 Å². The molecule has 0 saturated carbocycles. The molecule has 0 bridgehead atoms. The Kier molecular flexibility index (Phi) is 18.7. The van der Waals surface area contributed by atoms with Crippen LogP contribution in [0.4, 0.5) is 11.4 Å². The molecule has 354 valence electrons. The lowest BCUT2D eigenvalue weighted by atomic mass is 10.0. The molecule has 0 unspecified atom stereocenters. The Morgan fingerprint density at radius 1 is 0.621 bits per heavy atom. The summed E-state index contributed by atoms with van der Waals surface area (Å²) < 4.78 is 56.4. The van der Waals surface area contributed by atoms with Gasteiger partial charge in [0, 0.05) is 69.2 Å². The van der Waals surface area contributed by atoms with E-state index >= 15 is 0 Å². The van der Waals surface area contributed by atoms with E-state index in [-0.39, 0.29) is 47.5 Å². The number of carbonyl (C=O) groups is 1. The van der Waals surface area contributed by atoms with Crippen molar-refractivity contribution in [3.8, 4) is 33.8 Å². The molecular formula is C49H62N6O9S2. The SMILES string of the molecule is C.CC(C)(C)NS(=O)(=O)c1ccccc1-c1ccc(N)cc1.Cc1ncc(CO)c(C=O)c1O.Cc1ncc(CO)c(CNc2ccc(-c3ccccc3S(=O)(=O)NC(C)(C)C)cc2)c1O. The summed E-state index contributed by atoms with van der Waals surface area (Å²) in [6, 6.07) is 28.4. The third kappa shape index (κ3) is 14.7. The highest BCUT2D eigenvalue weighted by Crippen LogP contribution is 2.31. The highest BCUT2D eigenvalue weighted by molar-refractivity contribution is 7.90. The van der Waals surface area contributed by atoms with Crippen molar-refractivity contribution in [2.45, 2.75) is 103 Å². The van der Waals surface area contributed by atoms with Gasteiger partial charge in [0.2, 0.25) is 20.0 Å². The minimum Gasteiger partial charge on any atom is -0.506 e. The third-order valence-corrected chi connectivity index (χ3v) is 13.0. The maximum Gasteiger partial charge on any atom is 0.241 e. The molecule has 0 aliphatic carbocycles. The quantitative estimate of drug-likeness (QED) is 0.0428. The number of anilines is 2. The van der Waals surface area contributed by atoms with Crippen LogP contribution >= 0.6 is 0 Å². The first kappa shape index (κ1) is 54.1. The Bertz CT molecular complexity index is 2810. The van der Waals surface area contributed by atoms with E-state index in [1.165, 1.54) is 6.20 Å². The van der Waals surface area contributed by atoms with Gasteiger partial charge in [-0.3, -0.25) is 14.8 Å². The maximum atomic E-state index is 12.9. The molecule has 0 spiro atoms. The number of aliphatic hydroxyl groups is 2. The zero-order chi connectivity index (χ0) is 48.3. The zero-order valence-corrected chi connectivity index (χ0v) is 39.3. The molecule has 0 fully saturated rings. The fourth-order valence-electron chi connectivity index (χ4n) is 6.34. The lowest BCUT2D eigenvalue weighted by molar-refractivity contribution is 0.111. The first-order chi connectivity index (χ1) is 30.4. The van der Waals surface area contributed by atoms with Crippen molar-refractivity contribution in [2.24, 2.45) is 0 Å². The van der Waals surface area contributed by atoms with Crippen LogP contribution < -0.4 is 20.5 Å². The molecule has 0 atom stereocenters. The number of nitrogens with one attached hydrogen (secondary N) is 3. The van der Waals surface area contributed by atoms with Crippen LogP contribution in [-0.2, 0) is 39.8 Å². The van der Waals surface area contributed by atoms with Gasteiger partial charge in [0.25, 0.3) is 0 Å². The summed E-state index contributed by atoms with van der Waals surface area (Å²) >= 11 is 0. The van der Waals surface area contributed by atoms with Gasteiger partial charge < -0.3 is 31.5 Å². The monoisotopic (exact) mass is 942 g/mol. The molecule has 4 aromatic carbocycles. The largest absolute Gasteiger partial charge is 0.506 e. The number of benzene rings is 4. The number of aldehydes is 1. The van der Waals surface area contributed by atoms with Gasteiger partial charge >= 0.3 is 0 Å². The van der Waals surface area contributed by atoms with E-state index in [1.54, 1.807) is 89.3 Å². The van der Waals surface area contributed by atoms with E-state index < -0.39 is 31.1 Å². The van der Waals surface area contributed by atoms with E-state index in [9.17, 15) is 36.9 Å². The van der Waals surface area contributed by atoms with Crippen LogP contribution in [0.3, 0.4) is 0 Å². The van der Waals surface area contributed by atoms with Crippen molar-refractivity contribution in [3.63, 3.8) is 0 Å². The predicted molar refractivity (Wildman–Crippen MR) is 261 cm³/mol. The topological polar surface area (TPSA) is 254 Å². The second-order valence-electron chi connectivity index (χ2n) is 17.0. The number of hydrogen-bond donors (Lipinski definition) is 8. The molecule has 66 heavy (non-hydrogen) atoms. The summed E-state index contributed by atoms with van der Waals surface area (Å²) in [5.41, 5.74) is 11.3. The summed E-state index contributed by atoms with van der Waals surface area (Å²) in [4.78, 5) is 18.8. The van der Waals surface area contributed by atoms with Crippen molar-refractivity contribution < 1.29 is 42.1 Å². The van der Waals surface area contributed by atoms with Gasteiger partial charge in [-0.15, -0.1) is 0 Å². The Hall–Kier alpha value is -6.21. The average Bonchev–Trinajstić information content (AvgIpc) is 3.24. The van der Waals surface area contributed by atoms with Crippen LogP contribution in [0.5, 0.6) is 11.5 Å². The number of aromatic nitrogens is 2. The number of aryl methyl sites for hydroxylation is 2. The van der Waals surface area contributed by atoms with Crippen LogP contribution in [0.15, 0.2) is 119 Å². The Morgan fingerprint density at radius 2 is 1.03 bits per heavy atom. The molecule has 15 nitrogen and oxygen atoms in total. The molecule has 9 N–H and O–H groups in total. The summed E-state index contributed by atoms with van der Waals surface area (Å²) in [5.74, 6) is -0.0947. The number of pyridine rings is 2. The summed E-state index contributed by atoms with van der Waals surface area (Å²) in [5, 5.41) is 41.1. The first-order valence-corrected chi connectivity index (χ1v) is 23.3. The number of nitrogen functional groups attached to an aromatic ring is 1. The minimum atomic E-state index is -3.69. The molecule has 2 aromatic heterocycles. The number of aromatic hydroxyl groups is 2. The molecule has 17 heteroatoms. The fourth-order valence-corrected chi connectivity index (χ4v) is 9.64. The second-order valence-corrected chi connectivity index (χ2v) is 20.3. The summed E-state index contributed by atoms with van der Waals surface area (Å²) in [7, 11) is -7.28. The molecule has 0 amide bonds. The Labute approximate surface area is 388 Å². The molecule has 0 saturated heterocycles. The van der Waals surface area contributed by atoms with Gasteiger partial charge in [-0.2, -0.15) is 0 Å². The lowest BCUT2D eigenvalue weighted by Gasteiger charge is -2.21. The smallest absolute Gasteiger partial charge is 0.241 e. The fraction of sp³-hybridized carbons (Fsp3) is 0.286. The van der Waals surface area contributed by atoms with Crippen LogP contribution in [0.1, 0.15) is 87.4 Å². The minimum absolute atomic E-state index is 0. The molecule has 6 aromatic rings. The van der Waals surface area contributed by atoms with Crippen LogP contribution in [-0.4, -0.2) is 64.6 Å². The molecular weight excluding hydrogens is 881 g/mol. The highest BCUT2D eigenvalue weighted by atomic mass is 32.2. The maximum absolute atomic E-state index is 12.9. The van der Waals surface area contributed by atoms with E-state index in [1.807, 2.05) is 69.3 Å². The first-order valence-electron chi connectivity index (χ1n) is 20.4. The molecule has 2 heterocycles. The van der Waals surface area contributed by atoms with E-state index in [0.29, 0.717) is 57.7 Å². The number of aliphatic hydroxyl groups excluding tert-OH is 2. The molecule has 0 aliphatic rings. The van der Waals surface area contributed by atoms with Crippen molar-refractivity contribution in [1.29, 1.82) is 0 Å². The van der Waals surface area contributed by atoms with Crippen molar-refractivity contribution in [2.75, 3.05) is 11.1 Å². The van der Waals surface area contributed by atoms with Crippen LogP contribution in [0.2, 0.25) is 0 Å². The average molecular weight is 943 g/mol. The number of nitrogens with zero attached hydrogens (tertiary/aromatic N) is 2. The van der Waals surface area contributed by atoms with Crippen molar-refractivity contribution in [3.05, 3.63) is 143 Å². The van der Waals surface area contributed by atoms with Crippen molar-refractivity contribution in [1.82, 2.24) is 19.4 Å². The predicted octanol–water partition coefficient (Wildman–Crippen LogP) is 7.99. The lowest BCUT2D eigenvalue weighted by Crippen LogP contribution is -2.40. The van der Waals surface area contributed by atoms with E-state index in [4.69, 9.17) is 10.8 Å². The van der Waals surface area contributed by atoms with E-state index in [2.05, 4.69) is 24.7 Å². The normalized spacial score (nSPS) is 11.5. The Balaban J connectivity index is 0.000000291. The molecule has 0 radical (unpaired) electrons. The van der Waals surface area contributed by atoms with Gasteiger partial charge in [-0.25, -0.2) is 26.3 Å². The second kappa shape index (κ2) is 22.8. The number of nitrogens with two attached hydrogens (primary N) is 1. The number of rotatable bonds is 12. The van der Waals surface area contributed by atoms with Crippen molar-refractivity contribution >= 4 is 37.7 Å². The standard InChI is InChI=1S/C24H29N3O4S.C16H20N2O2S.C8H9NO3.CH4/c1-16-23(29)21(18(15-28)13-25-16)14-26-19-11-9-17(10-12-19)20-7-5-6-8-22(20)32(30,31)27-24(2,3)4;1-16(2,3)18-21(19,20)15-7-5-4-6-14(15)12-8-10-13(17)11-9-12;1-5-8(12)7(4-11)6(3-10)2-9-5;/h5-13,26-29H,14-15H2,1-4H3;4-11,18H,17H2,1-3H3;2,4,10,12H,3H2,1H3;1H4. The molecule has 6 rings (SSSR count). The third-order valence-electron chi connectivity index (χ3n) is 9.37. The van der Waals surface area contributed by atoms with Gasteiger partial charge in [-0.1, -0.05) is 68.1 Å². The van der Waals surface area contributed by atoms with Gasteiger partial charge in [0.05, 0.1) is 40.0 Å². The van der Waals surface area contributed by atoms with Gasteiger partial charge in [0.15, 0.2) is 6.29 Å². The summed E-state index contributed by atoms with van der Waals surface area (Å²) in [6.07, 6.45) is 3.44. The molecule has 0 aliphatic heterocycles. The zero-order valence-electron chi connectivity index (χ0n) is 37.7. The number of carbonyl (C=O) groups excluding carboxylic acids is 1. The Morgan fingerprint density at radius 3 is 1.45 bits per heavy atom. The highest BCUT2D eigenvalue weighted by Gasteiger charge is 2.26. The van der Waals surface area contributed by atoms with Gasteiger partial charge in [-0.05, 0) is 103 Å². The number of sulfonamides is 2. The number of hydrogen-bond acceptors (Lipinski definition) is 13. The van der Waals surface area contributed by atoms with Crippen LogP contribution in [0, 0.1) is 13.8 Å². The van der Waals surface area contributed by atoms with Crippen LogP contribution in [0.25, 0.3) is 22.3 Å². The van der Waals surface area contributed by atoms with Gasteiger partial charge in [0.1, 0.15) is 11.5 Å². The summed E-state index contributed by atoms with van der Waals surface area (Å²) in [6.45, 7) is 13.9.